The second kappa shape index (κ2) is 4.51. The van der Waals surface area contributed by atoms with Gasteiger partial charge in [-0.25, -0.2) is 4.99 Å². The number of aromatic hydroxyl groups is 1. The van der Waals surface area contributed by atoms with Crippen molar-refractivity contribution >= 4 is 48.8 Å². The van der Waals surface area contributed by atoms with Crippen molar-refractivity contribution in [2.24, 2.45) is 4.99 Å². The number of halogens is 1. The summed E-state index contributed by atoms with van der Waals surface area (Å²) in [5.74, 6) is -0.144. The van der Waals surface area contributed by atoms with Gasteiger partial charge in [0.2, 0.25) is 0 Å². The molecule has 0 saturated heterocycles. The summed E-state index contributed by atoms with van der Waals surface area (Å²) in [6.07, 6.45) is 0. The molecule has 102 valence electrons. The molecule has 0 spiro atoms. The predicted molar refractivity (Wildman–Crippen MR) is 85.9 cm³/mol. The van der Waals surface area contributed by atoms with Gasteiger partial charge in [0, 0.05) is 19.8 Å². The lowest BCUT2D eigenvalue weighted by atomic mass is 10.1. The van der Waals surface area contributed by atoms with Gasteiger partial charge in [0.15, 0.2) is 0 Å². The lowest BCUT2D eigenvalue weighted by Crippen LogP contribution is -2.22. The first-order chi connectivity index (χ1) is 10.1. The number of carbonyl (C=O) groups is 1. The maximum atomic E-state index is 12.2. The van der Waals surface area contributed by atoms with Crippen LogP contribution >= 0.6 is 27.3 Å². The van der Waals surface area contributed by atoms with Crippen LogP contribution in [0.3, 0.4) is 0 Å². The molecular weight excluding hydrogens is 350 g/mol. The number of fused-ring (bicyclic) bond motifs is 2. The Hall–Kier alpha value is -1.98. The summed E-state index contributed by atoms with van der Waals surface area (Å²) in [7, 11) is 0. The lowest BCUT2D eigenvalue weighted by Gasteiger charge is -1.97. The Morgan fingerprint density at radius 2 is 1.95 bits per heavy atom. The minimum atomic E-state index is -0.301. The molecule has 0 atom stereocenters. The topological polar surface area (TPSA) is 49.7 Å². The third kappa shape index (κ3) is 1.85. The molecule has 1 N–H and O–H groups in total. The highest BCUT2D eigenvalue weighted by Gasteiger charge is 2.24. The SMILES string of the molecule is O=C1N=c2cc(Br)ccc2=C1c1sc2ccccc2c1O. The zero-order valence-electron chi connectivity index (χ0n) is 10.6. The van der Waals surface area contributed by atoms with Crippen LogP contribution in [-0.2, 0) is 4.79 Å². The molecular formula is C16H8BrNO2S. The monoisotopic (exact) mass is 357 g/mol. The number of hydrogen-bond acceptors (Lipinski definition) is 3. The van der Waals surface area contributed by atoms with Crippen LogP contribution in [0.15, 0.2) is 51.9 Å². The van der Waals surface area contributed by atoms with Gasteiger partial charge in [-0.05, 0) is 24.3 Å². The molecule has 0 saturated carbocycles. The molecule has 3 nitrogen and oxygen atoms in total. The van der Waals surface area contributed by atoms with Crippen LogP contribution in [-0.4, -0.2) is 11.0 Å². The van der Waals surface area contributed by atoms with Gasteiger partial charge in [-0.3, -0.25) is 4.79 Å². The average Bonchev–Trinajstić information content (AvgIpc) is 2.95. The normalized spacial score (nSPS) is 13.6. The predicted octanol–water partition coefficient (Wildman–Crippen LogP) is 2.73. The fourth-order valence-electron chi connectivity index (χ4n) is 2.51. The molecule has 0 fully saturated rings. The number of amides is 1. The maximum absolute atomic E-state index is 12.2. The van der Waals surface area contributed by atoms with Crippen molar-refractivity contribution in [3.8, 4) is 5.75 Å². The highest BCUT2D eigenvalue weighted by atomic mass is 79.9. The Bertz CT molecular complexity index is 1040. The summed E-state index contributed by atoms with van der Waals surface area (Å²) < 4.78 is 1.83. The molecule has 0 radical (unpaired) electrons. The van der Waals surface area contributed by atoms with Crippen molar-refractivity contribution in [2.75, 3.05) is 0 Å². The first kappa shape index (κ1) is 12.7. The second-order valence-electron chi connectivity index (χ2n) is 4.73. The van der Waals surface area contributed by atoms with Crippen molar-refractivity contribution < 1.29 is 9.90 Å². The third-order valence-electron chi connectivity index (χ3n) is 3.46. The first-order valence-electron chi connectivity index (χ1n) is 6.29. The molecule has 0 unspecified atom stereocenters. The maximum Gasteiger partial charge on any atom is 0.279 e. The van der Waals surface area contributed by atoms with Crippen LogP contribution in [0.25, 0.3) is 15.7 Å². The van der Waals surface area contributed by atoms with Crippen molar-refractivity contribution in [3.63, 3.8) is 0 Å². The Kier molecular flexibility index (Phi) is 2.74. The average molecular weight is 358 g/mol. The molecule has 1 amide bonds. The summed E-state index contributed by atoms with van der Waals surface area (Å²) in [4.78, 5) is 16.9. The summed E-state index contributed by atoms with van der Waals surface area (Å²) in [5, 5.41) is 12.6. The van der Waals surface area contributed by atoms with E-state index in [0.717, 1.165) is 19.8 Å². The molecule has 2 aromatic carbocycles. The van der Waals surface area contributed by atoms with Gasteiger partial charge in [0.1, 0.15) is 5.75 Å². The second-order valence-corrected chi connectivity index (χ2v) is 6.70. The van der Waals surface area contributed by atoms with Crippen molar-refractivity contribution in [1.82, 2.24) is 0 Å². The van der Waals surface area contributed by atoms with Crippen LogP contribution in [0.1, 0.15) is 4.88 Å². The number of benzene rings is 2. The van der Waals surface area contributed by atoms with Crippen molar-refractivity contribution in [2.45, 2.75) is 0 Å². The van der Waals surface area contributed by atoms with Crippen molar-refractivity contribution in [3.05, 3.63) is 62.4 Å². The van der Waals surface area contributed by atoms with Crippen LogP contribution in [0.4, 0.5) is 0 Å². The minimum absolute atomic E-state index is 0.157. The van der Waals surface area contributed by atoms with Crippen molar-refractivity contribution in [1.29, 1.82) is 0 Å². The van der Waals surface area contributed by atoms with E-state index in [-0.39, 0.29) is 11.7 Å². The van der Waals surface area contributed by atoms with Gasteiger partial charge < -0.3 is 5.11 Å². The van der Waals surface area contributed by atoms with E-state index in [0.29, 0.717) is 15.8 Å². The standard InChI is InChI=1S/C16H8BrNO2S/c17-8-5-6-9-11(7-8)18-16(20)13(9)15-14(19)10-3-1-2-4-12(10)21-15/h1-7,19H. The van der Waals surface area contributed by atoms with Gasteiger partial charge in [-0.2, -0.15) is 0 Å². The van der Waals surface area contributed by atoms with Gasteiger partial charge >= 0.3 is 0 Å². The van der Waals surface area contributed by atoms with E-state index in [2.05, 4.69) is 20.9 Å². The number of carbonyl (C=O) groups excluding carboxylic acids is 1. The van der Waals surface area contributed by atoms with E-state index < -0.39 is 0 Å². The van der Waals surface area contributed by atoms with Crippen LogP contribution in [0.5, 0.6) is 5.75 Å². The molecule has 4 rings (SSSR count). The molecule has 5 heteroatoms. The quantitative estimate of drug-likeness (QED) is 0.727. The highest BCUT2D eigenvalue weighted by Crippen LogP contribution is 2.40. The molecule has 21 heavy (non-hydrogen) atoms. The Morgan fingerprint density at radius 3 is 2.76 bits per heavy atom. The Balaban J connectivity index is 2.11. The van der Waals surface area contributed by atoms with E-state index in [1.54, 1.807) is 0 Å². The summed E-state index contributed by atoms with van der Waals surface area (Å²) in [6, 6.07) is 13.1. The molecule has 1 aromatic heterocycles. The highest BCUT2D eigenvalue weighted by molar-refractivity contribution is 9.10. The summed E-state index contributed by atoms with van der Waals surface area (Å²) >= 11 is 4.79. The Morgan fingerprint density at radius 1 is 1.14 bits per heavy atom. The van der Waals surface area contributed by atoms with E-state index in [1.807, 2.05) is 42.5 Å². The number of rotatable bonds is 1. The minimum Gasteiger partial charge on any atom is -0.506 e. The van der Waals surface area contributed by atoms with Crippen LogP contribution in [0.2, 0.25) is 0 Å². The zero-order valence-corrected chi connectivity index (χ0v) is 13.0. The third-order valence-corrected chi connectivity index (χ3v) is 5.13. The van der Waals surface area contributed by atoms with E-state index in [4.69, 9.17) is 0 Å². The Labute approximate surface area is 132 Å². The molecule has 3 aromatic rings. The fourth-order valence-corrected chi connectivity index (χ4v) is 4.01. The fraction of sp³-hybridized carbons (Fsp3) is 0. The molecule has 2 heterocycles. The van der Waals surface area contributed by atoms with E-state index in [9.17, 15) is 9.90 Å². The molecule has 0 bridgehead atoms. The lowest BCUT2D eigenvalue weighted by molar-refractivity contribution is -0.112. The van der Waals surface area contributed by atoms with Crippen LogP contribution < -0.4 is 10.6 Å². The zero-order chi connectivity index (χ0) is 14.6. The molecule has 0 aliphatic carbocycles. The molecule has 1 aliphatic rings. The number of thiophene rings is 1. The number of hydrogen-bond donors (Lipinski definition) is 1. The largest absolute Gasteiger partial charge is 0.506 e. The first-order valence-corrected chi connectivity index (χ1v) is 7.90. The summed E-state index contributed by atoms with van der Waals surface area (Å²) in [6.45, 7) is 0. The van der Waals surface area contributed by atoms with E-state index in [1.165, 1.54) is 11.3 Å². The number of nitrogens with zero attached hydrogens (tertiary/aromatic N) is 1. The van der Waals surface area contributed by atoms with Gasteiger partial charge in [-0.1, -0.05) is 34.1 Å². The van der Waals surface area contributed by atoms with Crippen LogP contribution in [0, 0.1) is 0 Å². The van der Waals surface area contributed by atoms with E-state index >= 15 is 0 Å². The van der Waals surface area contributed by atoms with Gasteiger partial charge in [-0.15, -0.1) is 11.3 Å². The van der Waals surface area contributed by atoms with Gasteiger partial charge in [0.25, 0.3) is 5.91 Å². The summed E-state index contributed by atoms with van der Waals surface area (Å²) in [5.41, 5.74) is 0.483. The smallest absolute Gasteiger partial charge is 0.279 e. The molecule has 1 aliphatic heterocycles. The van der Waals surface area contributed by atoms with Gasteiger partial charge in [0.05, 0.1) is 15.8 Å².